The van der Waals surface area contributed by atoms with E-state index in [1.54, 1.807) is 18.4 Å². The molecule has 0 atom stereocenters. The first-order valence-corrected chi connectivity index (χ1v) is 12.7. The largest absolute Gasteiger partial charge is 0.383 e. The average molecular weight is 502 g/mol. The van der Waals surface area contributed by atoms with Crippen LogP contribution in [0.25, 0.3) is 10.8 Å². The van der Waals surface area contributed by atoms with Crippen molar-refractivity contribution in [1.82, 2.24) is 9.80 Å². The summed E-state index contributed by atoms with van der Waals surface area (Å²) in [4.78, 5) is 32.5. The summed E-state index contributed by atoms with van der Waals surface area (Å²) in [7, 11) is 1.59. The first kappa shape index (κ1) is 25.4. The van der Waals surface area contributed by atoms with Gasteiger partial charge in [0.1, 0.15) is 6.54 Å². The highest BCUT2D eigenvalue weighted by molar-refractivity contribution is 7.11. The van der Waals surface area contributed by atoms with E-state index in [0.717, 1.165) is 21.2 Å². The van der Waals surface area contributed by atoms with Crippen molar-refractivity contribution in [1.29, 1.82) is 0 Å². The van der Waals surface area contributed by atoms with Gasteiger partial charge in [0.2, 0.25) is 5.91 Å². The minimum absolute atomic E-state index is 0.0445. The van der Waals surface area contributed by atoms with Gasteiger partial charge >= 0.3 is 6.03 Å². The number of nitrogens with one attached hydrogen (secondary N) is 1. The van der Waals surface area contributed by atoms with Crippen LogP contribution in [0.2, 0.25) is 0 Å². The van der Waals surface area contributed by atoms with Crippen LogP contribution in [0.1, 0.15) is 15.3 Å². The predicted octanol–water partition coefficient (Wildman–Crippen LogP) is 5.92. The number of aryl methyl sites for hydroxylation is 1. The molecule has 4 rings (SSSR count). The van der Waals surface area contributed by atoms with Crippen molar-refractivity contribution >= 4 is 39.7 Å². The molecule has 4 aromatic rings. The van der Waals surface area contributed by atoms with Crippen molar-refractivity contribution in [3.05, 3.63) is 100 Å². The van der Waals surface area contributed by atoms with Gasteiger partial charge in [-0.2, -0.15) is 0 Å². The van der Waals surface area contributed by atoms with E-state index in [4.69, 9.17) is 4.74 Å². The molecule has 0 radical (unpaired) electrons. The van der Waals surface area contributed by atoms with Crippen LogP contribution < -0.4 is 5.32 Å². The quantitative estimate of drug-likeness (QED) is 0.293. The number of anilines is 1. The molecule has 3 amide bonds. The zero-order valence-electron chi connectivity index (χ0n) is 20.6. The maximum atomic E-state index is 13.6. The minimum atomic E-state index is -0.330. The van der Waals surface area contributed by atoms with E-state index in [2.05, 4.69) is 24.4 Å². The molecule has 0 unspecified atom stereocenters. The van der Waals surface area contributed by atoms with Crippen LogP contribution in [0.5, 0.6) is 0 Å². The summed E-state index contributed by atoms with van der Waals surface area (Å²) in [6.45, 7) is 3.61. The number of nitrogens with zero attached hydrogens (tertiary/aromatic N) is 2. The molecule has 1 heterocycles. The van der Waals surface area contributed by atoms with Crippen LogP contribution in [-0.2, 0) is 22.6 Å². The van der Waals surface area contributed by atoms with Gasteiger partial charge in [0.15, 0.2) is 0 Å². The molecule has 186 valence electrons. The van der Waals surface area contributed by atoms with Crippen molar-refractivity contribution in [3.63, 3.8) is 0 Å². The number of rotatable bonds is 10. The van der Waals surface area contributed by atoms with Gasteiger partial charge in [-0.3, -0.25) is 4.79 Å². The molecule has 0 aliphatic heterocycles. The summed E-state index contributed by atoms with van der Waals surface area (Å²) < 4.78 is 5.23. The number of thiophene rings is 1. The lowest BCUT2D eigenvalue weighted by Crippen LogP contribution is -2.45. The predicted molar refractivity (Wildman–Crippen MR) is 146 cm³/mol. The molecule has 1 aromatic heterocycles. The monoisotopic (exact) mass is 501 g/mol. The molecule has 0 aliphatic rings. The summed E-state index contributed by atoms with van der Waals surface area (Å²) in [6, 6.07) is 27.4. The molecule has 0 fully saturated rings. The molecule has 3 aromatic carbocycles. The number of methoxy groups -OCH3 is 1. The number of carbonyl (C=O) groups is 2. The highest BCUT2D eigenvalue weighted by Gasteiger charge is 2.23. The average Bonchev–Trinajstić information content (AvgIpc) is 3.31. The molecule has 6 nitrogen and oxygen atoms in total. The second kappa shape index (κ2) is 12.3. The van der Waals surface area contributed by atoms with Gasteiger partial charge in [-0.1, -0.05) is 66.7 Å². The second-order valence-corrected chi connectivity index (χ2v) is 9.99. The maximum Gasteiger partial charge on any atom is 0.322 e. The van der Waals surface area contributed by atoms with Crippen molar-refractivity contribution in [3.8, 4) is 0 Å². The third-order valence-electron chi connectivity index (χ3n) is 5.92. The van der Waals surface area contributed by atoms with Gasteiger partial charge < -0.3 is 19.9 Å². The van der Waals surface area contributed by atoms with Gasteiger partial charge in [0.05, 0.1) is 18.8 Å². The Morgan fingerprint density at radius 1 is 0.861 bits per heavy atom. The molecule has 1 N–H and O–H groups in total. The summed E-state index contributed by atoms with van der Waals surface area (Å²) in [6.07, 6.45) is 0. The van der Waals surface area contributed by atoms with Crippen LogP contribution >= 0.6 is 11.3 Å². The number of urea groups is 1. The normalized spacial score (nSPS) is 10.8. The molecule has 0 bridgehead atoms. The Kier molecular flexibility index (Phi) is 8.71. The number of hydrogen-bond acceptors (Lipinski definition) is 4. The highest BCUT2D eigenvalue weighted by Crippen LogP contribution is 2.23. The molecule has 0 saturated carbocycles. The Morgan fingerprint density at radius 3 is 2.36 bits per heavy atom. The Balaban J connectivity index is 1.52. The Morgan fingerprint density at radius 2 is 1.61 bits per heavy atom. The van der Waals surface area contributed by atoms with Crippen LogP contribution in [0.15, 0.2) is 84.9 Å². The number of fused-ring (bicyclic) bond motifs is 1. The van der Waals surface area contributed by atoms with Crippen LogP contribution in [-0.4, -0.2) is 48.5 Å². The van der Waals surface area contributed by atoms with E-state index >= 15 is 0 Å². The van der Waals surface area contributed by atoms with Crippen LogP contribution in [0.3, 0.4) is 0 Å². The molecule has 0 aliphatic carbocycles. The topological polar surface area (TPSA) is 61.9 Å². The first-order chi connectivity index (χ1) is 17.5. The lowest BCUT2D eigenvalue weighted by Gasteiger charge is -2.28. The van der Waals surface area contributed by atoms with Gasteiger partial charge in [-0.05, 0) is 36.1 Å². The van der Waals surface area contributed by atoms with Crippen molar-refractivity contribution in [2.45, 2.75) is 20.0 Å². The van der Waals surface area contributed by atoms with E-state index in [-0.39, 0.29) is 18.5 Å². The second-order valence-electron chi connectivity index (χ2n) is 8.62. The Labute approximate surface area is 216 Å². The Bertz CT molecular complexity index is 1300. The first-order valence-electron chi connectivity index (χ1n) is 11.9. The smallest absolute Gasteiger partial charge is 0.322 e. The van der Waals surface area contributed by atoms with Gasteiger partial charge in [0.25, 0.3) is 0 Å². The van der Waals surface area contributed by atoms with E-state index in [1.807, 2.05) is 77.7 Å². The molecule has 36 heavy (non-hydrogen) atoms. The summed E-state index contributed by atoms with van der Waals surface area (Å²) in [5.41, 5.74) is 1.76. The summed E-state index contributed by atoms with van der Waals surface area (Å²) >= 11 is 1.68. The third-order valence-corrected chi connectivity index (χ3v) is 6.91. The standard InChI is InChI=1S/C29H31N3O3S/c1-22-15-16-25(36-22)20-32(19-23-9-4-3-5-10-23)28(33)21-31(17-18-35-2)29(34)30-27-14-8-12-24-11-6-7-13-26(24)27/h3-16H,17-21H2,1-2H3,(H,30,34). The van der Waals surface area contributed by atoms with Gasteiger partial charge in [-0.15, -0.1) is 11.3 Å². The van der Waals surface area contributed by atoms with Crippen molar-refractivity contribution < 1.29 is 14.3 Å². The SMILES string of the molecule is COCCN(CC(=O)N(Cc1ccccc1)Cc1ccc(C)s1)C(=O)Nc1cccc2ccccc12. The van der Waals surface area contributed by atoms with Crippen molar-refractivity contribution in [2.24, 2.45) is 0 Å². The summed E-state index contributed by atoms with van der Waals surface area (Å²) in [5.74, 6) is -0.117. The van der Waals surface area contributed by atoms with E-state index in [0.29, 0.717) is 31.9 Å². The zero-order valence-corrected chi connectivity index (χ0v) is 21.5. The molecule has 0 spiro atoms. The minimum Gasteiger partial charge on any atom is -0.383 e. The zero-order chi connectivity index (χ0) is 25.3. The van der Waals surface area contributed by atoms with E-state index < -0.39 is 0 Å². The number of amides is 3. The van der Waals surface area contributed by atoms with Gasteiger partial charge in [-0.25, -0.2) is 4.79 Å². The fraction of sp³-hybridized carbons (Fsp3) is 0.241. The molecular formula is C29H31N3O3S. The van der Waals surface area contributed by atoms with Crippen LogP contribution in [0.4, 0.5) is 10.5 Å². The van der Waals surface area contributed by atoms with E-state index in [1.165, 1.54) is 9.78 Å². The lowest BCUT2D eigenvalue weighted by molar-refractivity contribution is -0.133. The fourth-order valence-electron chi connectivity index (χ4n) is 4.04. The highest BCUT2D eigenvalue weighted by atomic mass is 32.1. The van der Waals surface area contributed by atoms with Crippen molar-refractivity contribution in [2.75, 3.05) is 32.1 Å². The number of benzene rings is 3. The fourth-order valence-corrected chi connectivity index (χ4v) is 4.95. The Hall–Kier alpha value is -3.68. The van der Waals surface area contributed by atoms with Gasteiger partial charge in [0, 0.05) is 35.3 Å². The molecule has 0 saturated heterocycles. The number of ether oxygens (including phenoxy) is 1. The third kappa shape index (κ3) is 6.71. The van der Waals surface area contributed by atoms with Crippen LogP contribution in [0, 0.1) is 6.92 Å². The number of carbonyl (C=O) groups excluding carboxylic acids is 2. The van der Waals surface area contributed by atoms with E-state index in [9.17, 15) is 9.59 Å². The number of hydrogen-bond donors (Lipinski definition) is 1. The lowest BCUT2D eigenvalue weighted by atomic mass is 10.1. The summed E-state index contributed by atoms with van der Waals surface area (Å²) in [5, 5.41) is 4.99. The molecule has 7 heteroatoms. The molecular weight excluding hydrogens is 470 g/mol. The maximum absolute atomic E-state index is 13.6.